The molecule has 0 spiro atoms. The van der Waals surface area contributed by atoms with Gasteiger partial charge in [0.2, 0.25) is 0 Å². The van der Waals surface area contributed by atoms with E-state index in [-0.39, 0.29) is 0 Å². The lowest BCUT2D eigenvalue weighted by Crippen LogP contribution is -2.27. The highest BCUT2D eigenvalue weighted by Gasteiger charge is 2.18. The monoisotopic (exact) mass is 302 g/mol. The van der Waals surface area contributed by atoms with E-state index in [1.807, 2.05) is 25.2 Å². The maximum atomic E-state index is 10.1. The Bertz CT molecular complexity index is 684. The Balaban J connectivity index is 2.33. The Morgan fingerprint density at radius 2 is 2.18 bits per heavy atom. The molecule has 0 amide bonds. The molecule has 0 fully saturated rings. The molecular weight excluding hydrogens is 280 g/mol. The number of pyridine rings is 1. The molecule has 2 aromatic rings. The van der Waals surface area contributed by atoms with Gasteiger partial charge in [0.05, 0.1) is 11.9 Å². The van der Waals surface area contributed by atoms with Gasteiger partial charge in [0.15, 0.2) is 11.8 Å². The van der Waals surface area contributed by atoms with Crippen molar-refractivity contribution in [2.24, 2.45) is 17.8 Å². The van der Waals surface area contributed by atoms with Crippen LogP contribution in [-0.4, -0.2) is 32.9 Å². The van der Waals surface area contributed by atoms with E-state index < -0.39 is 5.60 Å². The molecule has 2 heterocycles. The van der Waals surface area contributed by atoms with E-state index in [4.69, 9.17) is 5.73 Å². The SMILES string of the molecule is CN/C(N)=N\c1c(Cc2cccc(C(C)(C)O)n2)cnn1C. The van der Waals surface area contributed by atoms with E-state index in [9.17, 15) is 5.11 Å². The molecule has 2 aromatic heterocycles. The molecular formula is C15H22N6O. The number of aromatic nitrogens is 3. The van der Waals surface area contributed by atoms with Crippen LogP contribution in [0.15, 0.2) is 29.4 Å². The molecule has 0 aromatic carbocycles. The molecule has 0 aliphatic rings. The van der Waals surface area contributed by atoms with Crippen LogP contribution >= 0.6 is 0 Å². The van der Waals surface area contributed by atoms with Gasteiger partial charge in [0.1, 0.15) is 5.60 Å². The largest absolute Gasteiger partial charge is 0.384 e. The number of nitrogens with zero attached hydrogens (tertiary/aromatic N) is 4. The van der Waals surface area contributed by atoms with Gasteiger partial charge in [0.25, 0.3) is 0 Å². The first-order valence-electron chi connectivity index (χ1n) is 7.03. The first-order valence-corrected chi connectivity index (χ1v) is 7.03. The van der Waals surface area contributed by atoms with E-state index in [2.05, 4.69) is 20.4 Å². The third kappa shape index (κ3) is 3.62. The van der Waals surface area contributed by atoms with Crippen molar-refractivity contribution in [2.75, 3.05) is 7.05 Å². The van der Waals surface area contributed by atoms with Crippen LogP contribution in [0.2, 0.25) is 0 Å². The molecule has 0 saturated heterocycles. The van der Waals surface area contributed by atoms with Crippen molar-refractivity contribution in [3.8, 4) is 0 Å². The summed E-state index contributed by atoms with van der Waals surface area (Å²) >= 11 is 0. The maximum absolute atomic E-state index is 10.1. The third-order valence-corrected chi connectivity index (χ3v) is 3.27. The lowest BCUT2D eigenvalue weighted by molar-refractivity contribution is 0.0736. The molecule has 0 atom stereocenters. The van der Waals surface area contributed by atoms with Gasteiger partial charge >= 0.3 is 0 Å². The fourth-order valence-corrected chi connectivity index (χ4v) is 2.03. The summed E-state index contributed by atoms with van der Waals surface area (Å²) in [5, 5.41) is 17.1. The summed E-state index contributed by atoms with van der Waals surface area (Å²) in [6, 6.07) is 5.61. The predicted molar refractivity (Wildman–Crippen MR) is 85.8 cm³/mol. The van der Waals surface area contributed by atoms with Crippen LogP contribution in [-0.2, 0) is 19.1 Å². The molecule has 0 aliphatic heterocycles. The lowest BCUT2D eigenvalue weighted by Gasteiger charge is -2.17. The number of aliphatic imine (C=N–C) groups is 1. The highest BCUT2D eigenvalue weighted by molar-refractivity contribution is 5.80. The number of nitrogens with two attached hydrogens (primary N) is 1. The summed E-state index contributed by atoms with van der Waals surface area (Å²) in [6.07, 6.45) is 2.31. The van der Waals surface area contributed by atoms with Crippen LogP contribution in [0.5, 0.6) is 0 Å². The van der Waals surface area contributed by atoms with Gasteiger partial charge in [-0.3, -0.25) is 9.67 Å². The molecule has 0 saturated carbocycles. The standard InChI is InChI=1S/C15H22N6O/c1-15(2,22)12-7-5-6-11(19-12)8-10-9-18-21(4)13(10)20-14(16)17-3/h5-7,9,22H,8H2,1-4H3,(H3,16,17,20). The fourth-order valence-electron chi connectivity index (χ4n) is 2.03. The number of nitrogens with one attached hydrogen (secondary N) is 1. The minimum Gasteiger partial charge on any atom is -0.384 e. The van der Waals surface area contributed by atoms with Crippen molar-refractivity contribution in [2.45, 2.75) is 25.9 Å². The van der Waals surface area contributed by atoms with E-state index in [0.29, 0.717) is 23.9 Å². The lowest BCUT2D eigenvalue weighted by atomic mass is 10.0. The summed E-state index contributed by atoms with van der Waals surface area (Å²) in [7, 11) is 3.52. The Morgan fingerprint density at radius 1 is 1.45 bits per heavy atom. The molecule has 0 unspecified atom stereocenters. The quantitative estimate of drug-likeness (QED) is 0.573. The number of aryl methyl sites for hydroxylation is 1. The average Bonchev–Trinajstić information content (AvgIpc) is 2.79. The molecule has 2 rings (SSSR count). The van der Waals surface area contributed by atoms with Gasteiger partial charge in [0, 0.05) is 31.8 Å². The predicted octanol–water partition coefficient (Wildman–Crippen LogP) is 0.799. The summed E-state index contributed by atoms with van der Waals surface area (Å²) in [5.74, 6) is 1.00. The first-order chi connectivity index (χ1) is 10.3. The van der Waals surface area contributed by atoms with Crippen molar-refractivity contribution in [3.05, 3.63) is 41.3 Å². The Hall–Kier alpha value is -2.41. The number of aliphatic hydroxyl groups is 1. The van der Waals surface area contributed by atoms with Crippen LogP contribution < -0.4 is 11.1 Å². The maximum Gasteiger partial charge on any atom is 0.195 e. The summed E-state index contributed by atoms with van der Waals surface area (Å²) in [4.78, 5) is 8.82. The number of hydrogen-bond donors (Lipinski definition) is 3. The van der Waals surface area contributed by atoms with Crippen LogP contribution in [0.4, 0.5) is 5.82 Å². The van der Waals surface area contributed by atoms with Crippen LogP contribution in [0.25, 0.3) is 0 Å². The molecule has 0 bridgehead atoms. The van der Waals surface area contributed by atoms with Crippen molar-refractivity contribution in [3.63, 3.8) is 0 Å². The summed E-state index contributed by atoms with van der Waals surface area (Å²) < 4.78 is 1.67. The number of hydrogen-bond acceptors (Lipinski definition) is 4. The summed E-state index contributed by atoms with van der Waals surface area (Å²) in [5.41, 5.74) is 7.15. The van der Waals surface area contributed by atoms with Gasteiger partial charge in [-0.1, -0.05) is 6.07 Å². The number of guanidine groups is 1. The van der Waals surface area contributed by atoms with E-state index >= 15 is 0 Å². The number of rotatable bonds is 4. The van der Waals surface area contributed by atoms with Crippen molar-refractivity contribution < 1.29 is 5.11 Å². The normalized spacial score (nSPS) is 12.5. The minimum absolute atomic E-state index is 0.322. The minimum atomic E-state index is -0.970. The van der Waals surface area contributed by atoms with Gasteiger partial charge in [-0.05, 0) is 26.0 Å². The topological polar surface area (TPSA) is 101 Å². The molecule has 0 radical (unpaired) electrons. The first kappa shape index (κ1) is 16.0. The van der Waals surface area contributed by atoms with Crippen molar-refractivity contribution >= 4 is 11.8 Å². The smallest absolute Gasteiger partial charge is 0.195 e. The zero-order valence-corrected chi connectivity index (χ0v) is 13.3. The molecule has 7 heteroatoms. The van der Waals surface area contributed by atoms with Gasteiger partial charge in [-0.2, -0.15) is 10.1 Å². The molecule has 22 heavy (non-hydrogen) atoms. The molecule has 0 aliphatic carbocycles. The third-order valence-electron chi connectivity index (χ3n) is 3.27. The van der Waals surface area contributed by atoms with Gasteiger partial charge < -0.3 is 16.2 Å². The second-order valence-electron chi connectivity index (χ2n) is 5.61. The summed E-state index contributed by atoms with van der Waals surface area (Å²) in [6.45, 7) is 3.43. The van der Waals surface area contributed by atoms with E-state index in [1.54, 1.807) is 31.8 Å². The molecule has 7 nitrogen and oxygen atoms in total. The Morgan fingerprint density at radius 3 is 2.82 bits per heavy atom. The highest BCUT2D eigenvalue weighted by atomic mass is 16.3. The fraction of sp³-hybridized carbons (Fsp3) is 0.400. The Kier molecular flexibility index (Phi) is 4.46. The van der Waals surface area contributed by atoms with Crippen molar-refractivity contribution in [1.29, 1.82) is 0 Å². The highest BCUT2D eigenvalue weighted by Crippen LogP contribution is 2.22. The van der Waals surface area contributed by atoms with Gasteiger partial charge in [-0.15, -0.1) is 0 Å². The van der Waals surface area contributed by atoms with E-state index in [1.165, 1.54) is 0 Å². The molecule has 118 valence electrons. The zero-order valence-electron chi connectivity index (χ0n) is 13.3. The van der Waals surface area contributed by atoms with Crippen molar-refractivity contribution in [1.82, 2.24) is 20.1 Å². The average molecular weight is 302 g/mol. The van der Waals surface area contributed by atoms with E-state index in [0.717, 1.165) is 11.3 Å². The second-order valence-corrected chi connectivity index (χ2v) is 5.61. The van der Waals surface area contributed by atoms with Gasteiger partial charge in [-0.25, -0.2) is 0 Å². The molecule has 4 N–H and O–H groups in total. The van der Waals surface area contributed by atoms with Crippen LogP contribution in [0.3, 0.4) is 0 Å². The van der Waals surface area contributed by atoms with Crippen LogP contribution in [0, 0.1) is 0 Å². The Labute approximate surface area is 129 Å². The second kappa shape index (κ2) is 6.15. The zero-order chi connectivity index (χ0) is 16.3. The van der Waals surface area contributed by atoms with Crippen LogP contribution in [0.1, 0.15) is 30.8 Å².